The molecule has 0 saturated heterocycles. The lowest BCUT2D eigenvalue weighted by Crippen LogP contribution is -2.47. The zero-order valence-corrected chi connectivity index (χ0v) is 24.8. The van der Waals surface area contributed by atoms with E-state index in [9.17, 15) is 14.4 Å². The van der Waals surface area contributed by atoms with Gasteiger partial charge in [-0.3, -0.25) is 19.3 Å². The van der Waals surface area contributed by atoms with Crippen LogP contribution >= 0.6 is 0 Å². The van der Waals surface area contributed by atoms with Crippen molar-refractivity contribution < 1.29 is 23.9 Å². The molecule has 40 heavy (non-hydrogen) atoms. The number of rotatable bonds is 3. The zero-order chi connectivity index (χ0) is 29.2. The second-order valence-electron chi connectivity index (χ2n) is 10.7. The summed E-state index contributed by atoms with van der Waals surface area (Å²) < 4.78 is 11.0. The third-order valence-corrected chi connectivity index (χ3v) is 7.41. The van der Waals surface area contributed by atoms with E-state index in [1.54, 1.807) is 37.1 Å². The van der Waals surface area contributed by atoms with Gasteiger partial charge in [0.15, 0.2) is 18.1 Å². The van der Waals surface area contributed by atoms with E-state index in [-0.39, 0.29) is 18.4 Å². The molecule has 0 fully saturated rings. The predicted octanol–water partition coefficient (Wildman–Crippen LogP) is 3.38. The Morgan fingerprint density at radius 3 is 2.40 bits per heavy atom. The van der Waals surface area contributed by atoms with Gasteiger partial charge in [-0.25, -0.2) is 0 Å². The summed E-state index contributed by atoms with van der Waals surface area (Å²) in [5.41, 5.74) is 5.61. The molecule has 2 aromatic carbocycles. The maximum atomic E-state index is 12.8. The fourth-order valence-corrected chi connectivity index (χ4v) is 4.85. The van der Waals surface area contributed by atoms with E-state index in [0.29, 0.717) is 30.2 Å². The number of fused-ring (bicyclic) bond motifs is 18. The number of hydrogen-bond acceptors (Lipinski definition) is 6. The Hall–Kier alpha value is -3.59. The van der Waals surface area contributed by atoms with Crippen LogP contribution in [0.2, 0.25) is 0 Å². The number of carbonyl (C=O) groups is 3. The Balaban J connectivity index is 1.76. The summed E-state index contributed by atoms with van der Waals surface area (Å²) in [4.78, 5) is 42.2. The van der Waals surface area contributed by atoms with Gasteiger partial charge in [0.05, 0.1) is 7.11 Å². The molecule has 2 aromatic rings. The molecule has 218 valence electrons. The highest BCUT2D eigenvalue weighted by Gasteiger charge is 2.20. The fourth-order valence-electron chi connectivity index (χ4n) is 4.85. The molecule has 0 spiro atoms. The molecule has 3 amide bonds. The van der Waals surface area contributed by atoms with Crippen LogP contribution in [0.25, 0.3) is 0 Å². The van der Waals surface area contributed by atoms with Crippen LogP contribution < -0.4 is 20.1 Å². The van der Waals surface area contributed by atoms with Crippen molar-refractivity contribution in [1.82, 2.24) is 20.4 Å². The first-order chi connectivity index (χ1) is 19.1. The van der Waals surface area contributed by atoms with Gasteiger partial charge in [0, 0.05) is 38.8 Å². The number of ether oxygens (including phenoxy) is 2. The van der Waals surface area contributed by atoms with Gasteiger partial charge in [-0.05, 0) is 94.0 Å². The lowest BCUT2D eigenvalue weighted by Gasteiger charge is -2.25. The van der Waals surface area contributed by atoms with Crippen molar-refractivity contribution in [3.05, 3.63) is 58.1 Å². The maximum Gasteiger partial charge on any atom is 0.258 e. The molecule has 0 aliphatic carbocycles. The first-order valence-corrected chi connectivity index (χ1v) is 14.0. The maximum absolute atomic E-state index is 12.8. The van der Waals surface area contributed by atoms with Crippen LogP contribution in [0.5, 0.6) is 11.5 Å². The number of nitrogens with one attached hydrogen (secondary N) is 2. The van der Waals surface area contributed by atoms with Gasteiger partial charge in [-0.1, -0.05) is 12.1 Å². The monoisotopic (exact) mass is 552 g/mol. The van der Waals surface area contributed by atoms with Gasteiger partial charge in [0.1, 0.15) is 6.04 Å². The van der Waals surface area contributed by atoms with Gasteiger partial charge in [-0.2, -0.15) is 0 Å². The smallest absolute Gasteiger partial charge is 0.258 e. The van der Waals surface area contributed by atoms with E-state index in [1.807, 2.05) is 0 Å². The molecule has 2 N–H and O–H groups in total. The highest BCUT2D eigenvalue weighted by atomic mass is 16.5. The third kappa shape index (κ3) is 8.71. The molecule has 2 aliphatic rings. The van der Waals surface area contributed by atoms with Crippen molar-refractivity contribution in [2.45, 2.75) is 59.5 Å². The van der Waals surface area contributed by atoms with Crippen molar-refractivity contribution in [3.8, 4) is 11.5 Å². The topological polar surface area (TPSA) is 100 Å². The molecular weight excluding hydrogens is 508 g/mol. The summed E-state index contributed by atoms with van der Waals surface area (Å²) in [5.74, 6) is -0.0614. The van der Waals surface area contributed by atoms with Crippen LogP contribution in [0.15, 0.2) is 30.3 Å². The SMILES string of the molecule is COc1cc2ccc1OCC(=O)N[C@@H](C)C(=O)N(C)CCCCN(Cc1cc(C)c(C)cc1C)CCCNC2=O. The van der Waals surface area contributed by atoms with Crippen LogP contribution in [-0.2, 0) is 16.1 Å². The minimum absolute atomic E-state index is 0.145. The number of carbonyl (C=O) groups excluding carboxylic acids is 3. The Bertz CT molecular complexity index is 1200. The van der Waals surface area contributed by atoms with E-state index in [1.165, 1.54) is 29.4 Å². The minimum atomic E-state index is -0.674. The molecule has 9 heteroatoms. The highest BCUT2D eigenvalue weighted by molar-refractivity contribution is 5.95. The molecular formula is C31H44N4O5. The lowest BCUT2D eigenvalue weighted by molar-refractivity contribution is -0.135. The summed E-state index contributed by atoms with van der Waals surface area (Å²) in [6, 6.07) is 8.69. The molecule has 2 bridgehead atoms. The molecule has 2 heterocycles. The molecule has 0 saturated carbocycles. The number of nitrogens with zero attached hydrogens (tertiary/aromatic N) is 2. The average Bonchev–Trinajstić information content (AvgIpc) is 2.93. The number of likely N-dealkylation sites (N-methyl/N-ethyl adjacent to an activating group) is 1. The summed E-state index contributed by atoms with van der Waals surface area (Å²) in [6.07, 6.45) is 2.57. The molecule has 0 aromatic heterocycles. The average molecular weight is 553 g/mol. The molecule has 0 radical (unpaired) electrons. The quantitative estimate of drug-likeness (QED) is 0.567. The van der Waals surface area contributed by atoms with E-state index >= 15 is 0 Å². The number of benzene rings is 2. The first-order valence-electron chi connectivity index (χ1n) is 14.0. The first kappa shape index (κ1) is 30.9. The zero-order valence-electron chi connectivity index (χ0n) is 24.8. The number of amides is 3. The van der Waals surface area contributed by atoms with Crippen molar-refractivity contribution in [1.29, 1.82) is 0 Å². The number of aryl methyl sites for hydroxylation is 3. The van der Waals surface area contributed by atoms with E-state index in [2.05, 4.69) is 48.4 Å². The normalized spacial score (nSPS) is 18.9. The molecule has 9 nitrogen and oxygen atoms in total. The second kappa shape index (κ2) is 14.7. The lowest BCUT2D eigenvalue weighted by atomic mass is 10.0. The van der Waals surface area contributed by atoms with Gasteiger partial charge in [0.2, 0.25) is 5.91 Å². The summed E-state index contributed by atoms with van der Waals surface area (Å²) in [7, 11) is 3.25. The summed E-state index contributed by atoms with van der Waals surface area (Å²) >= 11 is 0. The standard InChI is InChI=1S/C31H44N4O5/c1-21-16-23(3)26(17-22(21)2)19-35-14-8-7-13-34(5)31(38)24(4)33-29(36)20-40-27-11-10-25(18-28(27)39-6)30(37)32-12-9-15-35/h10-11,16-18,24H,7-9,12-15,19-20H2,1-6H3,(H,32,37)(H,33,36)/t24-/m0/s1. The third-order valence-electron chi connectivity index (χ3n) is 7.41. The Labute approximate surface area is 238 Å². The van der Waals surface area contributed by atoms with Crippen LogP contribution in [0, 0.1) is 20.8 Å². The van der Waals surface area contributed by atoms with Crippen LogP contribution in [-0.4, -0.2) is 80.5 Å². The van der Waals surface area contributed by atoms with Crippen molar-refractivity contribution in [2.75, 3.05) is 46.9 Å². The molecule has 1 atom stereocenters. The Morgan fingerprint density at radius 1 is 0.950 bits per heavy atom. The predicted molar refractivity (Wildman–Crippen MR) is 156 cm³/mol. The largest absolute Gasteiger partial charge is 0.493 e. The van der Waals surface area contributed by atoms with Crippen molar-refractivity contribution in [2.24, 2.45) is 0 Å². The van der Waals surface area contributed by atoms with E-state index in [0.717, 1.165) is 38.9 Å². The van der Waals surface area contributed by atoms with Crippen LogP contribution in [0.4, 0.5) is 0 Å². The van der Waals surface area contributed by atoms with Gasteiger partial charge in [0.25, 0.3) is 11.8 Å². The minimum Gasteiger partial charge on any atom is -0.493 e. The molecule has 0 unspecified atom stereocenters. The highest BCUT2D eigenvalue weighted by Crippen LogP contribution is 2.28. The van der Waals surface area contributed by atoms with E-state index in [4.69, 9.17) is 9.47 Å². The second-order valence-corrected chi connectivity index (χ2v) is 10.7. The number of hydrogen-bond donors (Lipinski definition) is 2. The van der Waals surface area contributed by atoms with E-state index < -0.39 is 11.9 Å². The summed E-state index contributed by atoms with van der Waals surface area (Å²) in [5, 5.41) is 5.71. The fraction of sp³-hybridized carbons (Fsp3) is 0.516. The van der Waals surface area contributed by atoms with Gasteiger partial charge in [-0.15, -0.1) is 0 Å². The van der Waals surface area contributed by atoms with Crippen LogP contribution in [0.1, 0.15) is 58.8 Å². The van der Waals surface area contributed by atoms with Crippen LogP contribution in [0.3, 0.4) is 0 Å². The van der Waals surface area contributed by atoms with Crippen molar-refractivity contribution in [3.63, 3.8) is 0 Å². The van der Waals surface area contributed by atoms with Gasteiger partial charge >= 0.3 is 0 Å². The number of methoxy groups -OCH3 is 1. The summed E-state index contributed by atoms with van der Waals surface area (Å²) in [6.45, 7) is 11.5. The molecule has 4 rings (SSSR count). The Morgan fingerprint density at radius 2 is 1.65 bits per heavy atom. The molecule has 2 aliphatic heterocycles. The van der Waals surface area contributed by atoms with Gasteiger partial charge < -0.3 is 25.0 Å². The van der Waals surface area contributed by atoms with Crippen molar-refractivity contribution >= 4 is 17.7 Å². The Kier molecular flexibility index (Phi) is 11.4.